The van der Waals surface area contributed by atoms with Crippen LogP contribution in [0.25, 0.3) is 0 Å². The molecule has 1 N–H and O–H groups in total. The second kappa shape index (κ2) is 8.15. The Morgan fingerprint density at radius 2 is 1.92 bits per heavy atom. The molecule has 9 heteroatoms. The summed E-state index contributed by atoms with van der Waals surface area (Å²) in [7, 11) is -0.801. The Labute approximate surface area is 152 Å². The van der Waals surface area contributed by atoms with Crippen LogP contribution in [-0.2, 0) is 16.6 Å². The van der Waals surface area contributed by atoms with Crippen LogP contribution in [0.1, 0.15) is 12.5 Å². The molecule has 0 fully saturated rings. The molecule has 0 heterocycles. The van der Waals surface area contributed by atoms with E-state index in [1.165, 1.54) is 19.2 Å². The summed E-state index contributed by atoms with van der Waals surface area (Å²) in [6.45, 7) is 2.76. The van der Waals surface area contributed by atoms with Crippen LogP contribution in [0.4, 0.5) is 11.4 Å². The lowest BCUT2D eigenvalue weighted by molar-refractivity contribution is -0.384. The van der Waals surface area contributed by atoms with E-state index in [-0.39, 0.29) is 10.6 Å². The quantitative estimate of drug-likeness (QED) is 0.559. The molecule has 2 rings (SSSR count). The summed E-state index contributed by atoms with van der Waals surface area (Å²) in [4.78, 5) is 12.4. The Morgan fingerprint density at radius 1 is 1.23 bits per heavy atom. The summed E-state index contributed by atoms with van der Waals surface area (Å²) in [5.41, 5.74) is 0.909. The number of sulfonamides is 1. The lowest BCUT2D eigenvalue weighted by Crippen LogP contribution is -2.21. The fourth-order valence-corrected chi connectivity index (χ4v) is 3.28. The molecule has 26 heavy (non-hydrogen) atoms. The van der Waals surface area contributed by atoms with Gasteiger partial charge in [-0.05, 0) is 32.2 Å². The highest BCUT2D eigenvalue weighted by molar-refractivity contribution is 7.89. The van der Waals surface area contributed by atoms with Gasteiger partial charge in [0.15, 0.2) is 0 Å². The first-order valence-corrected chi connectivity index (χ1v) is 9.42. The van der Waals surface area contributed by atoms with Crippen LogP contribution in [0.3, 0.4) is 0 Å². The fraction of sp³-hybridized carbons (Fsp3) is 0.294. The molecule has 0 aromatic heterocycles. The number of nitro benzene ring substituents is 1. The first kappa shape index (κ1) is 19.7. The van der Waals surface area contributed by atoms with Gasteiger partial charge < -0.3 is 9.64 Å². The Hall–Kier alpha value is -2.65. The first-order chi connectivity index (χ1) is 12.3. The highest BCUT2D eigenvalue weighted by Crippen LogP contribution is 2.32. The van der Waals surface area contributed by atoms with Gasteiger partial charge in [0.25, 0.3) is 5.69 Å². The van der Waals surface area contributed by atoms with E-state index in [0.29, 0.717) is 24.6 Å². The normalized spacial score (nSPS) is 11.2. The van der Waals surface area contributed by atoms with E-state index in [4.69, 9.17) is 4.74 Å². The Bertz CT molecular complexity index is 899. The van der Waals surface area contributed by atoms with Crippen LogP contribution in [0.5, 0.6) is 5.75 Å². The Morgan fingerprint density at radius 3 is 2.54 bits per heavy atom. The lowest BCUT2D eigenvalue weighted by atomic mass is 10.1. The van der Waals surface area contributed by atoms with Gasteiger partial charge in [0.05, 0.1) is 16.4 Å². The molecule has 2 aromatic rings. The standard InChI is InChI=1S/C17H21N3O5S/c1-4-25-17-8-6-5-7-13(17)12-19(3)15-10-9-14(26(23,24)18-2)11-16(15)20(21)22/h5-11,18H,4,12H2,1-3H3. The predicted octanol–water partition coefficient (Wildman–Crippen LogP) is 2.54. The minimum atomic E-state index is -3.76. The zero-order valence-corrected chi connectivity index (χ0v) is 15.6. The third kappa shape index (κ3) is 4.30. The molecule has 8 nitrogen and oxygen atoms in total. The molecule has 0 radical (unpaired) electrons. The highest BCUT2D eigenvalue weighted by Gasteiger charge is 2.23. The van der Waals surface area contributed by atoms with Crippen molar-refractivity contribution in [1.82, 2.24) is 4.72 Å². The second-order valence-corrected chi connectivity index (χ2v) is 7.40. The average molecular weight is 379 g/mol. The van der Waals surface area contributed by atoms with Gasteiger partial charge >= 0.3 is 0 Å². The first-order valence-electron chi connectivity index (χ1n) is 7.94. The molecule has 0 spiro atoms. The zero-order chi connectivity index (χ0) is 19.3. The van der Waals surface area contributed by atoms with Crippen molar-refractivity contribution in [3.05, 3.63) is 58.1 Å². The molecule has 0 saturated heterocycles. The van der Waals surface area contributed by atoms with Gasteiger partial charge in [0.1, 0.15) is 11.4 Å². The van der Waals surface area contributed by atoms with Crippen molar-refractivity contribution in [1.29, 1.82) is 0 Å². The number of hydrogen-bond acceptors (Lipinski definition) is 6. The topological polar surface area (TPSA) is 102 Å². The molecule has 0 aliphatic carbocycles. The van der Waals surface area contributed by atoms with Gasteiger partial charge in [-0.1, -0.05) is 18.2 Å². The van der Waals surface area contributed by atoms with Crippen molar-refractivity contribution in [3.8, 4) is 5.75 Å². The van der Waals surface area contributed by atoms with E-state index in [9.17, 15) is 18.5 Å². The Kier molecular flexibility index (Phi) is 6.17. The molecular weight excluding hydrogens is 358 g/mol. The van der Waals surface area contributed by atoms with Gasteiger partial charge in [0, 0.05) is 25.2 Å². The number of anilines is 1. The monoisotopic (exact) mass is 379 g/mol. The van der Waals surface area contributed by atoms with Crippen LogP contribution < -0.4 is 14.4 Å². The van der Waals surface area contributed by atoms with E-state index >= 15 is 0 Å². The molecule has 0 aliphatic heterocycles. The highest BCUT2D eigenvalue weighted by atomic mass is 32.2. The number of ether oxygens (including phenoxy) is 1. The number of benzene rings is 2. The zero-order valence-electron chi connectivity index (χ0n) is 14.8. The molecule has 0 saturated carbocycles. The number of nitrogens with one attached hydrogen (secondary N) is 1. The maximum Gasteiger partial charge on any atom is 0.293 e. The molecular formula is C17H21N3O5S. The smallest absolute Gasteiger partial charge is 0.293 e. The van der Waals surface area contributed by atoms with Crippen molar-refractivity contribution < 1.29 is 18.1 Å². The molecule has 0 bridgehead atoms. The predicted molar refractivity (Wildman–Crippen MR) is 99.1 cm³/mol. The summed E-state index contributed by atoms with van der Waals surface area (Å²) in [6, 6.07) is 11.3. The number of rotatable bonds is 8. The average Bonchev–Trinajstić information content (AvgIpc) is 2.63. The van der Waals surface area contributed by atoms with Gasteiger partial charge in [-0.3, -0.25) is 10.1 Å². The molecule has 0 atom stereocenters. The van der Waals surface area contributed by atoms with E-state index in [2.05, 4.69) is 4.72 Å². The molecule has 140 valence electrons. The third-order valence-corrected chi connectivity index (χ3v) is 5.23. The summed E-state index contributed by atoms with van der Waals surface area (Å²) in [5, 5.41) is 11.5. The second-order valence-electron chi connectivity index (χ2n) is 5.51. The van der Waals surface area contributed by atoms with Gasteiger partial charge in [-0.15, -0.1) is 0 Å². The minimum absolute atomic E-state index is 0.154. The van der Waals surface area contributed by atoms with Crippen LogP contribution in [-0.4, -0.2) is 34.0 Å². The van der Waals surface area contributed by atoms with Gasteiger partial charge in [-0.25, -0.2) is 13.1 Å². The van der Waals surface area contributed by atoms with Crippen LogP contribution in [0.2, 0.25) is 0 Å². The summed E-state index contributed by atoms with van der Waals surface area (Å²) in [5.74, 6) is 0.707. The van der Waals surface area contributed by atoms with E-state index in [1.54, 1.807) is 11.9 Å². The number of hydrogen-bond donors (Lipinski definition) is 1. The van der Waals surface area contributed by atoms with E-state index < -0.39 is 14.9 Å². The van der Waals surface area contributed by atoms with Crippen molar-refractivity contribution >= 4 is 21.4 Å². The van der Waals surface area contributed by atoms with Crippen LogP contribution in [0.15, 0.2) is 47.4 Å². The largest absolute Gasteiger partial charge is 0.494 e. The SMILES string of the molecule is CCOc1ccccc1CN(C)c1ccc(S(=O)(=O)NC)cc1[N+](=O)[O-]. The van der Waals surface area contributed by atoms with E-state index in [1.807, 2.05) is 31.2 Å². The molecule has 2 aromatic carbocycles. The summed E-state index contributed by atoms with van der Waals surface area (Å²) >= 11 is 0. The molecule has 0 amide bonds. The van der Waals surface area contributed by atoms with Crippen molar-refractivity contribution in [2.75, 3.05) is 25.6 Å². The maximum absolute atomic E-state index is 11.9. The molecule has 0 aliphatic rings. The third-order valence-electron chi connectivity index (χ3n) is 3.81. The van der Waals surface area contributed by atoms with Crippen molar-refractivity contribution in [3.63, 3.8) is 0 Å². The number of nitrogens with zero attached hydrogens (tertiary/aromatic N) is 2. The van der Waals surface area contributed by atoms with Crippen LogP contribution in [0, 0.1) is 10.1 Å². The van der Waals surface area contributed by atoms with Crippen LogP contribution >= 0.6 is 0 Å². The summed E-state index contributed by atoms with van der Waals surface area (Å²) < 4.78 is 31.5. The minimum Gasteiger partial charge on any atom is -0.494 e. The lowest BCUT2D eigenvalue weighted by Gasteiger charge is -2.21. The van der Waals surface area contributed by atoms with Gasteiger partial charge in [-0.2, -0.15) is 0 Å². The Balaban J connectivity index is 2.40. The van der Waals surface area contributed by atoms with Crippen molar-refractivity contribution in [2.45, 2.75) is 18.4 Å². The van der Waals surface area contributed by atoms with Gasteiger partial charge in [0.2, 0.25) is 10.0 Å². The van der Waals surface area contributed by atoms with Crippen molar-refractivity contribution in [2.24, 2.45) is 0 Å². The number of para-hydroxylation sites is 1. The molecule has 0 unspecified atom stereocenters. The summed E-state index contributed by atoms with van der Waals surface area (Å²) in [6.07, 6.45) is 0. The maximum atomic E-state index is 11.9. The fourth-order valence-electron chi connectivity index (χ4n) is 2.53. The number of nitro groups is 1. The van der Waals surface area contributed by atoms with E-state index in [0.717, 1.165) is 11.6 Å².